The van der Waals surface area contributed by atoms with Crippen LogP contribution in [0.4, 0.5) is 17.2 Å². The first-order valence-electron chi connectivity index (χ1n) is 10.6. The summed E-state index contributed by atoms with van der Waals surface area (Å²) in [6.45, 7) is 5.14. The number of aromatic nitrogens is 2. The van der Waals surface area contributed by atoms with Gasteiger partial charge in [0.2, 0.25) is 0 Å². The monoisotopic (exact) mass is 432 g/mol. The van der Waals surface area contributed by atoms with Gasteiger partial charge in [-0.25, -0.2) is 4.98 Å². The largest absolute Gasteiger partial charge is 0.398 e. The smallest absolute Gasteiger partial charge is 0.293 e. The number of amides is 1. The molecule has 0 aliphatic carbocycles. The van der Waals surface area contributed by atoms with Gasteiger partial charge in [-0.05, 0) is 49.9 Å². The maximum atomic E-state index is 12.7. The van der Waals surface area contributed by atoms with Crippen molar-refractivity contribution in [3.05, 3.63) is 70.1 Å². The molecule has 166 valence electrons. The lowest BCUT2D eigenvalue weighted by Gasteiger charge is -2.32. The number of piperazine rings is 1. The second-order valence-corrected chi connectivity index (χ2v) is 8.21. The molecule has 1 saturated heterocycles. The SMILES string of the molecule is Cc1c(N)cccc1-c1cn(C)c(=O)c(Nc2ccc(C(=O)N3CCN(C)CC3)cc2)n1. The van der Waals surface area contributed by atoms with Crippen LogP contribution in [0.1, 0.15) is 15.9 Å². The molecule has 1 amide bonds. The molecule has 0 bridgehead atoms. The molecule has 0 spiro atoms. The number of nitrogens with one attached hydrogen (secondary N) is 1. The van der Waals surface area contributed by atoms with Gasteiger partial charge < -0.3 is 25.4 Å². The van der Waals surface area contributed by atoms with E-state index < -0.39 is 0 Å². The van der Waals surface area contributed by atoms with E-state index in [9.17, 15) is 9.59 Å². The van der Waals surface area contributed by atoms with Crippen molar-refractivity contribution in [2.75, 3.05) is 44.3 Å². The van der Waals surface area contributed by atoms with E-state index >= 15 is 0 Å². The number of benzene rings is 2. The van der Waals surface area contributed by atoms with E-state index in [0.29, 0.717) is 22.6 Å². The van der Waals surface area contributed by atoms with Crippen LogP contribution in [0.15, 0.2) is 53.5 Å². The van der Waals surface area contributed by atoms with Crippen molar-refractivity contribution in [3.63, 3.8) is 0 Å². The Morgan fingerprint density at radius 3 is 2.41 bits per heavy atom. The maximum absolute atomic E-state index is 12.7. The number of nitrogens with zero attached hydrogens (tertiary/aromatic N) is 4. The summed E-state index contributed by atoms with van der Waals surface area (Å²) < 4.78 is 1.50. The Labute approximate surface area is 187 Å². The topological polar surface area (TPSA) is 96.5 Å². The molecule has 3 N–H and O–H groups in total. The average Bonchev–Trinajstić information content (AvgIpc) is 2.79. The highest BCUT2D eigenvalue weighted by atomic mass is 16.2. The van der Waals surface area contributed by atoms with Gasteiger partial charge >= 0.3 is 0 Å². The average molecular weight is 433 g/mol. The first kappa shape index (κ1) is 21.6. The number of carbonyl (C=O) groups is 1. The fraction of sp³-hybridized carbons (Fsp3) is 0.292. The zero-order chi connectivity index (χ0) is 22.8. The van der Waals surface area contributed by atoms with E-state index in [0.717, 1.165) is 37.3 Å². The minimum Gasteiger partial charge on any atom is -0.398 e. The fourth-order valence-corrected chi connectivity index (χ4v) is 3.77. The summed E-state index contributed by atoms with van der Waals surface area (Å²) in [5, 5.41) is 3.10. The molecule has 8 nitrogen and oxygen atoms in total. The van der Waals surface area contributed by atoms with Gasteiger partial charge in [0.15, 0.2) is 5.82 Å². The summed E-state index contributed by atoms with van der Waals surface area (Å²) in [6.07, 6.45) is 1.70. The van der Waals surface area contributed by atoms with Gasteiger partial charge in [-0.15, -0.1) is 0 Å². The summed E-state index contributed by atoms with van der Waals surface area (Å²) in [5.41, 5.74) is 10.2. The van der Waals surface area contributed by atoms with Crippen LogP contribution in [-0.2, 0) is 7.05 Å². The van der Waals surface area contributed by atoms with Crippen LogP contribution in [0.3, 0.4) is 0 Å². The molecule has 1 aliphatic rings. The highest BCUT2D eigenvalue weighted by Crippen LogP contribution is 2.26. The van der Waals surface area contributed by atoms with Gasteiger partial charge in [-0.2, -0.15) is 0 Å². The fourth-order valence-electron chi connectivity index (χ4n) is 3.77. The van der Waals surface area contributed by atoms with Gasteiger partial charge in [0.05, 0.1) is 5.69 Å². The number of aryl methyl sites for hydroxylation is 1. The van der Waals surface area contributed by atoms with Gasteiger partial charge in [0.25, 0.3) is 11.5 Å². The molecular formula is C24H28N6O2. The van der Waals surface area contributed by atoms with Crippen LogP contribution in [0.25, 0.3) is 11.3 Å². The quantitative estimate of drug-likeness (QED) is 0.615. The number of carbonyl (C=O) groups excluding carboxylic acids is 1. The predicted molar refractivity (Wildman–Crippen MR) is 127 cm³/mol. The molecule has 0 atom stereocenters. The van der Waals surface area contributed by atoms with Crippen molar-refractivity contribution >= 4 is 23.1 Å². The molecule has 4 rings (SSSR count). The second kappa shape index (κ2) is 8.84. The van der Waals surface area contributed by atoms with Crippen molar-refractivity contribution in [1.82, 2.24) is 19.4 Å². The lowest BCUT2D eigenvalue weighted by atomic mass is 10.0. The standard InChI is InChI=1S/C24H28N6O2/c1-16-19(5-4-6-20(16)25)21-15-29(3)24(32)22(27-21)26-18-9-7-17(8-10-18)23(31)30-13-11-28(2)12-14-30/h4-10,15H,11-14,25H2,1-3H3,(H,26,27). The summed E-state index contributed by atoms with van der Waals surface area (Å²) in [5.74, 6) is 0.239. The van der Waals surface area contributed by atoms with Crippen LogP contribution in [-0.4, -0.2) is 58.5 Å². The van der Waals surface area contributed by atoms with Crippen LogP contribution in [0.2, 0.25) is 0 Å². The normalized spacial score (nSPS) is 14.4. The van der Waals surface area contributed by atoms with Crippen molar-refractivity contribution in [1.29, 1.82) is 0 Å². The minimum atomic E-state index is -0.243. The van der Waals surface area contributed by atoms with Gasteiger partial charge in [-0.1, -0.05) is 12.1 Å². The Hall–Kier alpha value is -3.65. The molecule has 0 unspecified atom stereocenters. The Kier molecular flexibility index (Phi) is 5.96. The third-order valence-electron chi connectivity index (χ3n) is 5.91. The highest BCUT2D eigenvalue weighted by Gasteiger charge is 2.20. The second-order valence-electron chi connectivity index (χ2n) is 8.21. The van der Waals surface area contributed by atoms with Crippen LogP contribution in [0, 0.1) is 6.92 Å². The summed E-state index contributed by atoms with van der Waals surface area (Å²) >= 11 is 0. The predicted octanol–water partition coefficient (Wildman–Crippen LogP) is 2.47. The molecule has 2 heterocycles. The maximum Gasteiger partial charge on any atom is 0.293 e. The Morgan fingerprint density at radius 1 is 1.03 bits per heavy atom. The molecule has 0 saturated carbocycles. The molecule has 8 heteroatoms. The van der Waals surface area contributed by atoms with Gasteiger partial charge in [0, 0.05) is 61.9 Å². The van der Waals surface area contributed by atoms with Crippen molar-refractivity contribution < 1.29 is 4.79 Å². The Bertz CT molecular complexity index is 1190. The molecular weight excluding hydrogens is 404 g/mol. The first-order valence-corrected chi connectivity index (χ1v) is 10.6. The number of hydrogen-bond acceptors (Lipinski definition) is 6. The first-order chi connectivity index (χ1) is 15.3. The molecule has 1 aliphatic heterocycles. The summed E-state index contributed by atoms with van der Waals surface area (Å²) in [4.78, 5) is 34.1. The van der Waals surface area contributed by atoms with E-state index in [4.69, 9.17) is 5.73 Å². The molecule has 2 aromatic carbocycles. The van der Waals surface area contributed by atoms with E-state index in [1.54, 1.807) is 37.5 Å². The lowest BCUT2D eigenvalue weighted by Crippen LogP contribution is -2.47. The van der Waals surface area contributed by atoms with Crippen LogP contribution >= 0.6 is 0 Å². The number of anilines is 3. The van der Waals surface area contributed by atoms with E-state index in [-0.39, 0.29) is 17.3 Å². The zero-order valence-corrected chi connectivity index (χ0v) is 18.6. The Morgan fingerprint density at radius 2 is 1.72 bits per heavy atom. The number of likely N-dealkylation sites (N-methyl/N-ethyl adjacent to an activating group) is 1. The minimum absolute atomic E-state index is 0.0258. The van der Waals surface area contributed by atoms with E-state index in [2.05, 4.69) is 22.2 Å². The van der Waals surface area contributed by atoms with Crippen molar-refractivity contribution in [2.24, 2.45) is 7.05 Å². The number of nitrogen functional groups attached to an aromatic ring is 1. The molecule has 1 fully saturated rings. The lowest BCUT2D eigenvalue weighted by molar-refractivity contribution is 0.0664. The van der Waals surface area contributed by atoms with Gasteiger partial charge in [-0.3, -0.25) is 9.59 Å². The molecule has 0 radical (unpaired) electrons. The Balaban J connectivity index is 1.56. The van der Waals surface area contributed by atoms with Crippen LogP contribution < -0.4 is 16.6 Å². The zero-order valence-electron chi connectivity index (χ0n) is 18.6. The number of rotatable bonds is 4. The number of hydrogen-bond donors (Lipinski definition) is 2. The van der Waals surface area contributed by atoms with E-state index in [1.165, 1.54) is 4.57 Å². The third kappa shape index (κ3) is 4.36. The van der Waals surface area contributed by atoms with Gasteiger partial charge in [0.1, 0.15) is 0 Å². The van der Waals surface area contributed by atoms with Crippen molar-refractivity contribution in [3.8, 4) is 11.3 Å². The summed E-state index contributed by atoms with van der Waals surface area (Å²) in [7, 11) is 3.75. The van der Waals surface area contributed by atoms with Crippen LogP contribution in [0.5, 0.6) is 0 Å². The van der Waals surface area contributed by atoms with Crippen molar-refractivity contribution in [2.45, 2.75) is 6.92 Å². The number of nitrogens with two attached hydrogens (primary N) is 1. The van der Waals surface area contributed by atoms with E-state index in [1.807, 2.05) is 30.0 Å². The molecule has 32 heavy (non-hydrogen) atoms. The summed E-state index contributed by atoms with van der Waals surface area (Å²) in [6, 6.07) is 12.8. The third-order valence-corrected chi connectivity index (χ3v) is 5.91. The molecule has 1 aromatic heterocycles. The highest BCUT2D eigenvalue weighted by molar-refractivity contribution is 5.94. The molecule has 3 aromatic rings.